The summed E-state index contributed by atoms with van der Waals surface area (Å²) in [5, 5.41) is 1.49. The zero-order chi connectivity index (χ0) is 24.1. The Labute approximate surface area is 200 Å². The fourth-order valence-corrected chi connectivity index (χ4v) is 4.96. The van der Waals surface area contributed by atoms with Crippen LogP contribution in [-0.4, -0.2) is 78.2 Å². The summed E-state index contributed by atoms with van der Waals surface area (Å²) in [5.74, 6) is 1.46. The molecule has 4 rings (SSSR count). The molecule has 0 aromatic heterocycles. The van der Waals surface area contributed by atoms with Crippen molar-refractivity contribution < 1.29 is 28.7 Å². The quantitative estimate of drug-likeness (QED) is 0.361. The molecule has 0 radical (unpaired) electrons. The lowest BCUT2D eigenvalue weighted by atomic mass is 9.95. The highest BCUT2D eigenvalue weighted by atomic mass is 16.7. The van der Waals surface area contributed by atoms with Gasteiger partial charge in [0.15, 0.2) is 11.5 Å². The fraction of sp³-hybridized carbons (Fsp3) is 0.640. The molecule has 0 bridgehead atoms. The summed E-state index contributed by atoms with van der Waals surface area (Å²) in [4.78, 5) is 46.5. The number of amides is 3. The number of benzene rings is 1. The zero-order valence-corrected chi connectivity index (χ0v) is 20.2. The fourth-order valence-electron chi connectivity index (χ4n) is 4.96. The predicted molar refractivity (Wildman–Crippen MR) is 124 cm³/mol. The molecule has 9 nitrogen and oxygen atoms in total. The van der Waals surface area contributed by atoms with Crippen molar-refractivity contribution in [3.63, 3.8) is 0 Å². The number of likely N-dealkylation sites (tertiary alicyclic amines) is 2. The van der Waals surface area contributed by atoms with Crippen LogP contribution in [0.1, 0.15) is 63.9 Å². The Bertz CT molecular complexity index is 891. The number of ether oxygens (including phenoxy) is 2. The Hall–Kier alpha value is -2.65. The van der Waals surface area contributed by atoms with Gasteiger partial charge in [-0.1, -0.05) is 19.9 Å². The van der Waals surface area contributed by atoms with Gasteiger partial charge in [-0.15, -0.1) is 0 Å². The van der Waals surface area contributed by atoms with E-state index >= 15 is 0 Å². The van der Waals surface area contributed by atoms with E-state index in [-0.39, 0.29) is 43.0 Å². The van der Waals surface area contributed by atoms with Crippen LogP contribution in [0.4, 0.5) is 0 Å². The van der Waals surface area contributed by atoms with Crippen molar-refractivity contribution in [2.45, 2.75) is 64.3 Å². The van der Waals surface area contributed by atoms with Gasteiger partial charge in [0.05, 0.1) is 13.2 Å². The van der Waals surface area contributed by atoms with Gasteiger partial charge in [-0.3, -0.25) is 29.0 Å². The van der Waals surface area contributed by atoms with Crippen molar-refractivity contribution in [2.24, 2.45) is 0 Å². The highest BCUT2D eigenvalue weighted by Crippen LogP contribution is 2.39. The van der Waals surface area contributed by atoms with Crippen molar-refractivity contribution in [3.05, 3.63) is 23.8 Å². The Morgan fingerprint density at radius 2 is 1.88 bits per heavy atom. The first-order valence-corrected chi connectivity index (χ1v) is 12.4. The van der Waals surface area contributed by atoms with E-state index in [9.17, 15) is 14.4 Å². The van der Waals surface area contributed by atoms with E-state index < -0.39 is 0 Å². The van der Waals surface area contributed by atoms with E-state index in [1.165, 1.54) is 9.96 Å². The zero-order valence-electron chi connectivity index (χ0n) is 20.2. The van der Waals surface area contributed by atoms with Gasteiger partial charge in [0.2, 0.25) is 18.6 Å². The molecular formula is C25H35N3O6. The molecule has 3 heterocycles. The van der Waals surface area contributed by atoms with Crippen LogP contribution in [0.15, 0.2) is 18.2 Å². The minimum absolute atomic E-state index is 0.0556. The van der Waals surface area contributed by atoms with Crippen LogP contribution in [0, 0.1) is 0 Å². The largest absolute Gasteiger partial charge is 0.454 e. The van der Waals surface area contributed by atoms with E-state index in [4.69, 9.17) is 14.3 Å². The van der Waals surface area contributed by atoms with Gasteiger partial charge in [0.25, 0.3) is 5.91 Å². The summed E-state index contributed by atoms with van der Waals surface area (Å²) >= 11 is 0. The number of fused-ring (bicyclic) bond motifs is 1. The Balaban J connectivity index is 1.46. The number of rotatable bonds is 11. The first kappa shape index (κ1) is 24.5. The second kappa shape index (κ2) is 11.2. The van der Waals surface area contributed by atoms with Crippen LogP contribution in [0.5, 0.6) is 11.5 Å². The van der Waals surface area contributed by atoms with Gasteiger partial charge in [0, 0.05) is 38.5 Å². The SMILES string of the molecule is CCCON(CCC)C(=O)CN1C[C@H](c2ccc3c(c2)OCO3)C[C@@H]1CCN1C(=O)CCC1=O. The van der Waals surface area contributed by atoms with E-state index in [1.807, 2.05) is 26.0 Å². The lowest BCUT2D eigenvalue weighted by Gasteiger charge is -2.28. The molecule has 34 heavy (non-hydrogen) atoms. The summed E-state index contributed by atoms with van der Waals surface area (Å²) in [6.45, 7) is 6.69. The van der Waals surface area contributed by atoms with Crippen molar-refractivity contribution in [2.75, 3.05) is 39.6 Å². The second-order valence-corrected chi connectivity index (χ2v) is 9.19. The summed E-state index contributed by atoms with van der Waals surface area (Å²) in [7, 11) is 0. The second-order valence-electron chi connectivity index (χ2n) is 9.19. The molecule has 0 aliphatic carbocycles. The standard InChI is InChI=1S/C25H35N3O6/c1-3-10-28(34-12-4-2)25(31)16-26-15-19(18-5-6-21-22(14-18)33-17-32-21)13-20(26)9-11-27-23(29)7-8-24(27)30/h5-6,14,19-20H,3-4,7-13,15-17H2,1-2H3/t19-,20+/m1/s1. The Morgan fingerprint density at radius 1 is 1.12 bits per heavy atom. The smallest absolute Gasteiger partial charge is 0.260 e. The average molecular weight is 474 g/mol. The van der Waals surface area contributed by atoms with E-state index in [0.29, 0.717) is 45.5 Å². The molecule has 0 unspecified atom stereocenters. The van der Waals surface area contributed by atoms with Gasteiger partial charge in [-0.05, 0) is 49.3 Å². The molecule has 3 aliphatic rings. The van der Waals surface area contributed by atoms with E-state index in [0.717, 1.165) is 36.3 Å². The van der Waals surface area contributed by atoms with Gasteiger partial charge in [-0.2, -0.15) is 0 Å². The number of carbonyl (C=O) groups is 3. The number of hydrogen-bond donors (Lipinski definition) is 0. The summed E-state index contributed by atoms with van der Waals surface area (Å²) in [5.41, 5.74) is 1.14. The van der Waals surface area contributed by atoms with Crippen LogP contribution in [0.3, 0.4) is 0 Å². The molecule has 3 amide bonds. The third kappa shape index (κ3) is 5.52. The minimum Gasteiger partial charge on any atom is -0.454 e. The number of hydroxylamine groups is 2. The first-order chi connectivity index (χ1) is 16.5. The molecular weight excluding hydrogens is 438 g/mol. The highest BCUT2D eigenvalue weighted by Gasteiger charge is 2.37. The predicted octanol–water partition coefficient (Wildman–Crippen LogP) is 2.69. The van der Waals surface area contributed by atoms with E-state index in [1.54, 1.807) is 0 Å². The molecule has 2 atom stereocenters. The van der Waals surface area contributed by atoms with Crippen LogP contribution < -0.4 is 9.47 Å². The normalized spacial score (nSPS) is 22.1. The maximum atomic E-state index is 13.1. The third-order valence-electron chi connectivity index (χ3n) is 6.73. The molecule has 1 aromatic rings. The third-order valence-corrected chi connectivity index (χ3v) is 6.73. The van der Waals surface area contributed by atoms with Gasteiger partial charge < -0.3 is 9.47 Å². The Morgan fingerprint density at radius 3 is 2.62 bits per heavy atom. The molecule has 2 saturated heterocycles. The van der Waals surface area contributed by atoms with Crippen molar-refractivity contribution in [3.8, 4) is 11.5 Å². The van der Waals surface area contributed by atoms with Crippen LogP contribution >= 0.6 is 0 Å². The summed E-state index contributed by atoms with van der Waals surface area (Å²) < 4.78 is 11.0. The van der Waals surface area contributed by atoms with Gasteiger partial charge in [0.1, 0.15) is 0 Å². The maximum Gasteiger partial charge on any atom is 0.260 e. The molecule has 3 aliphatic heterocycles. The molecule has 186 valence electrons. The molecule has 9 heteroatoms. The molecule has 0 N–H and O–H groups in total. The maximum absolute atomic E-state index is 13.1. The number of carbonyl (C=O) groups excluding carboxylic acids is 3. The summed E-state index contributed by atoms with van der Waals surface area (Å²) in [6.07, 6.45) is 3.74. The average Bonchev–Trinajstić information content (AvgIpc) is 3.54. The minimum atomic E-state index is -0.0972. The van der Waals surface area contributed by atoms with Crippen LogP contribution in [0.25, 0.3) is 0 Å². The number of nitrogens with zero attached hydrogens (tertiary/aromatic N) is 3. The topological polar surface area (TPSA) is 88.6 Å². The lowest BCUT2D eigenvalue weighted by Crippen LogP contribution is -2.44. The molecule has 0 saturated carbocycles. The van der Waals surface area contributed by atoms with Gasteiger partial charge >= 0.3 is 0 Å². The van der Waals surface area contributed by atoms with Crippen molar-refractivity contribution >= 4 is 17.7 Å². The number of imide groups is 1. The molecule has 2 fully saturated rings. The first-order valence-electron chi connectivity index (χ1n) is 12.4. The van der Waals surface area contributed by atoms with Crippen LogP contribution in [0.2, 0.25) is 0 Å². The van der Waals surface area contributed by atoms with E-state index in [2.05, 4.69) is 11.0 Å². The van der Waals surface area contributed by atoms with Crippen LogP contribution in [-0.2, 0) is 19.2 Å². The molecule has 0 spiro atoms. The monoisotopic (exact) mass is 473 g/mol. The highest BCUT2D eigenvalue weighted by molar-refractivity contribution is 6.01. The van der Waals surface area contributed by atoms with Crippen molar-refractivity contribution in [1.29, 1.82) is 0 Å². The lowest BCUT2D eigenvalue weighted by molar-refractivity contribution is -0.188. The molecule has 1 aromatic carbocycles. The Kier molecular flexibility index (Phi) is 8.05. The van der Waals surface area contributed by atoms with Gasteiger partial charge in [-0.25, -0.2) is 5.06 Å². The summed E-state index contributed by atoms with van der Waals surface area (Å²) in [6, 6.07) is 6.09. The van der Waals surface area contributed by atoms with Crippen molar-refractivity contribution in [1.82, 2.24) is 14.9 Å². The number of hydrogen-bond acceptors (Lipinski definition) is 7.